The van der Waals surface area contributed by atoms with Crippen molar-refractivity contribution in [3.8, 4) is 0 Å². The molecule has 0 unspecified atom stereocenters. The molecule has 0 amide bonds. The van der Waals surface area contributed by atoms with Crippen LogP contribution in [0.5, 0.6) is 0 Å². The highest BCUT2D eigenvalue weighted by Crippen LogP contribution is 2.32. The zero-order chi connectivity index (χ0) is 18.3. The van der Waals surface area contributed by atoms with E-state index in [1.807, 2.05) is 17.0 Å². The number of nitrogens with zero attached hydrogens (tertiary/aromatic N) is 3. The number of anilines is 2. The van der Waals surface area contributed by atoms with Crippen molar-refractivity contribution in [1.29, 1.82) is 0 Å². The highest BCUT2D eigenvalue weighted by atomic mass is 35.5. The van der Waals surface area contributed by atoms with Gasteiger partial charge in [0.15, 0.2) is 0 Å². The normalized spacial score (nSPS) is 15.7. The number of alkyl halides is 3. The van der Waals surface area contributed by atoms with Crippen molar-refractivity contribution in [2.75, 3.05) is 36.0 Å². The molecule has 1 N–H and O–H groups in total. The van der Waals surface area contributed by atoms with Crippen molar-refractivity contribution in [1.82, 2.24) is 9.97 Å². The first-order chi connectivity index (χ1) is 12.4. The van der Waals surface area contributed by atoms with E-state index in [2.05, 4.69) is 14.9 Å². The molecule has 2 heterocycles. The zero-order valence-electron chi connectivity index (χ0n) is 13.7. The Hall–Kier alpha value is -2.41. The minimum absolute atomic E-state index is 0.593. The number of nitrogens with one attached hydrogen (secondary N) is 1. The first-order valence-electron chi connectivity index (χ1n) is 8.22. The molecule has 4 nitrogen and oxygen atoms in total. The third-order valence-electron chi connectivity index (χ3n) is 4.55. The van der Waals surface area contributed by atoms with Gasteiger partial charge in [0.05, 0.1) is 16.6 Å². The molecule has 4 rings (SSSR count). The number of H-pyrrole nitrogens is 1. The van der Waals surface area contributed by atoms with Gasteiger partial charge < -0.3 is 14.8 Å². The van der Waals surface area contributed by atoms with Crippen LogP contribution in [-0.2, 0) is 6.18 Å². The minimum Gasteiger partial charge on any atom is -0.368 e. The van der Waals surface area contributed by atoms with Gasteiger partial charge in [-0.05, 0) is 36.4 Å². The summed E-state index contributed by atoms with van der Waals surface area (Å²) in [5.41, 5.74) is 1.68. The minimum atomic E-state index is -4.33. The summed E-state index contributed by atoms with van der Waals surface area (Å²) in [6.45, 7) is 2.59. The maximum absolute atomic E-state index is 12.9. The maximum Gasteiger partial charge on any atom is 0.416 e. The topological polar surface area (TPSA) is 35.2 Å². The first-order valence-corrected chi connectivity index (χ1v) is 8.60. The fourth-order valence-electron chi connectivity index (χ4n) is 3.17. The van der Waals surface area contributed by atoms with Crippen LogP contribution in [0, 0.1) is 0 Å². The van der Waals surface area contributed by atoms with Crippen LogP contribution in [0.3, 0.4) is 0 Å². The zero-order valence-corrected chi connectivity index (χ0v) is 14.5. The molecule has 136 valence electrons. The summed E-state index contributed by atoms with van der Waals surface area (Å²) in [4.78, 5) is 11.9. The van der Waals surface area contributed by atoms with E-state index in [1.165, 1.54) is 12.1 Å². The van der Waals surface area contributed by atoms with Crippen LogP contribution >= 0.6 is 11.6 Å². The lowest BCUT2D eigenvalue weighted by molar-refractivity contribution is -0.137. The first kappa shape index (κ1) is 17.0. The van der Waals surface area contributed by atoms with Crippen LogP contribution in [0.2, 0.25) is 5.02 Å². The predicted molar refractivity (Wildman–Crippen MR) is 97.0 cm³/mol. The Morgan fingerprint density at radius 1 is 0.962 bits per heavy atom. The van der Waals surface area contributed by atoms with Crippen LogP contribution in [0.1, 0.15) is 5.56 Å². The summed E-state index contributed by atoms with van der Waals surface area (Å²) in [5.74, 6) is 0.756. The molecule has 0 aliphatic carbocycles. The highest BCUT2D eigenvalue weighted by Gasteiger charge is 2.31. The van der Waals surface area contributed by atoms with Gasteiger partial charge in [0.25, 0.3) is 0 Å². The summed E-state index contributed by atoms with van der Waals surface area (Å²) in [6.07, 6.45) is -4.33. The van der Waals surface area contributed by atoms with Crippen molar-refractivity contribution in [3.63, 3.8) is 0 Å². The average molecular weight is 381 g/mol. The SMILES string of the molecule is FC(F)(F)c1cccc(N2CCN(c3nc4ccc(Cl)cc4[nH]3)CC2)c1. The van der Waals surface area contributed by atoms with E-state index >= 15 is 0 Å². The van der Waals surface area contributed by atoms with E-state index in [1.54, 1.807) is 12.1 Å². The van der Waals surface area contributed by atoms with Crippen molar-refractivity contribution in [3.05, 3.63) is 53.1 Å². The molecule has 1 aromatic heterocycles. The second kappa shape index (κ2) is 6.39. The summed E-state index contributed by atoms with van der Waals surface area (Å²) >= 11 is 6.00. The second-order valence-electron chi connectivity index (χ2n) is 6.24. The molecule has 3 aromatic rings. The molecule has 2 aromatic carbocycles. The molecule has 1 aliphatic rings. The smallest absolute Gasteiger partial charge is 0.368 e. The Morgan fingerprint density at radius 3 is 2.42 bits per heavy atom. The van der Waals surface area contributed by atoms with Gasteiger partial charge >= 0.3 is 6.18 Å². The number of benzene rings is 2. The van der Waals surface area contributed by atoms with E-state index in [-0.39, 0.29) is 0 Å². The van der Waals surface area contributed by atoms with Crippen LogP contribution in [0.15, 0.2) is 42.5 Å². The van der Waals surface area contributed by atoms with Gasteiger partial charge in [-0.1, -0.05) is 17.7 Å². The number of rotatable bonds is 2. The summed E-state index contributed by atoms with van der Waals surface area (Å²) in [6, 6.07) is 10.9. The predicted octanol–water partition coefficient (Wildman–Crippen LogP) is 4.56. The lowest BCUT2D eigenvalue weighted by Crippen LogP contribution is -2.47. The molecule has 0 atom stereocenters. The Morgan fingerprint density at radius 2 is 1.69 bits per heavy atom. The van der Waals surface area contributed by atoms with Gasteiger partial charge in [0.2, 0.25) is 5.95 Å². The number of piperazine rings is 1. The third-order valence-corrected chi connectivity index (χ3v) is 4.78. The third kappa shape index (κ3) is 3.31. The lowest BCUT2D eigenvalue weighted by atomic mass is 10.1. The van der Waals surface area contributed by atoms with E-state index in [9.17, 15) is 13.2 Å². The number of hydrogen-bond donors (Lipinski definition) is 1. The van der Waals surface area contributed by atoms with Crippen molar-refractivity contribution < 1.29 is 13.2 Å². The van der Waals surface area contributed by atoms with Crippen LogP contribution < -0.4 is 9.80 Å². The fraction of sp³-hybridized carbons (Fsp3) is 0.278. The van der Waals surface area contributed by atoms with Gasteiger partial charge in [-0.15, -0.1) is 0 Å². The van der Waals surface area contributed by atoms with E-state index < -0.39 is 11.7 Å². The summed E-state index contributed by atoms with van der Waals surface area (Å²) in [5, 5.41) is 0.641. The molecule has 26 heavy (non-hydrogen) atoms. The standard InChI is InChI=1S/C18H16ClF3N4/c19-13-4-5-15-16(11-13)24-17(23-15)26-8-6-25(7-9-26)14-3-1-2-12(10-14)18(20,21)22/h1-5,10-11H,6-9H2,(H,23,24). The average Bonchev–Trinajstić information content (AvgIpc) is 3.04. The van der Waals surface area contributed by atoms with Gasteiger partial charge in [-0.3, -0.25) is 0 Å². The summed E-state index contributed by atoms with van der Waals surface area (Å²) < 4.78 is 38.7. The number of fused-ring (bicyclic) bond motifs is 1. The maximum atomic E-state index is 12.9. The molecule has 8 heteroatoms. The molecule has 0 spiro atoms. The number of hydrogen-bond acceptors (Lipinski definition) is 3. The molecule has 1 saturated heterocycles. The Kier molecular flexibility index (Phi) is 4.19. The molecular weight excluding hydrogens is 365 g/mol. The fourth-order valence-corrected chi connectivity index (χ4v) is 3.35. The molecule has 0 saturated carbocycles. The van der Waals surface area contributed by atoms with Gasteiger partial charge in [-0.2, -0.15) is 13.2 Å². The second-order valence-corrected chi connectivity index (χ2v) is 6.68. The molecule has 0 radical (unpaired) electrons. The largest absolute Gasteiger partial charge is 0.416 e. The van der Waals surface area contributed by atoms with Gasteiger partial charge in [-0.25, -0.2) is 4.98 Å². The number of halogens is 4. The number of imidazole rings is 1. The van der Waals surface area contributed by atoms with Crippen molar-refractivity contribution in [2.24, 2.45) is 0 Å². The van der Waals surface area contributed by atoms with E-state index in [0.717, 1.165) is 23.0 Å². The molecule has 1 aliphatic heterocycles. The summed E-state index contributed by atoms with van der Waals surface area (Å²) in [7, 11) is 0. The van der Waals surface area contributed by atoms with Gasteiger partial charge in [0.1, 0.15) is 0 Å². The Bertz CT molecular complexity index is 930. The lowest BCUT2D eigenvalue weighted by Gasteiger charge is -2.36. The molecule has 0 bridgehead atoms. The molecular formula is C18H16ClF3N4. The van der Waals surface area contributed by atoms with E-state index in [0.29, 0.717) is 36.9 Å². The number of aromatic amines is 1. The Labute approximate surface area is 153 Å². The quantitative estimate of drug-likeness (QED) is 0.707. The van der Waals surface area contributed by atoms with Crippen LogP contribution in [-0.4, -0.2) is 36.1 Å². The van der Waals surface area contributed by atoms with Crippen molar-refractivity contribution >= 4 is 34.3 Å². The Balaban J connectivity index is 1.48. The highest BCUT2D eigenvalue weighted by molar-refractivity contribution is 6.31. The molecule has 1 fully saturated rings. The number of aromatic nitrogens is 2. The van der Waals surface area contributed by atoms with Crippen molar-refractivity contribution in [2.45, 2.75) is 6.18 Å². The monoisotopic (exact) mass is 380 g/mol. The van der Waals surface area contributed by atoms with E-state index in [4.69, 9.17) is 11.6 Å². The van der Waals surface area contributed by atoms with Crippen LogP contribution in [0.4, 0.5) is 24.8 Å². The van der Waals surface area contributed by atoms with Gasteiger partial charge in [0, 0.05) is 36.9 Å². The van der Waals surface area contributed by atoms with Crippen LogP contribution in [0.25, 0.3) is 11.0 Å².